The van der Waals surface area contributed by atoms with Crippen LogP contribution in [0.15, 0.2) is 36.4 Å². The molecule has 0 aromatic heterocycles. The van der Waals surface area contributed by atoms with Gasteiger partial charge in [-0.15, -0.1) is 0 Å². The molecule has 0 heterocycles. The number of carbonyl (C=O) groups is 2. The molecule has 0 unspecified atom stereocenters. The highest BCUT2D eigenvalue weighted by Gasteiger charge is 2.16. The number of carbonyl (C=O) groups excluding carboxylic acids is 1. The third-order valence-electron chi connectivity index (χ3n) is 4.77. The smallest absolute Gasteiger partial charge is 0.339 e. The van der Waals surface area contributed by atoms with Crippen LogP contribution < -0.4 is 0 Å². The van der Waals surface area contributed by atoms with Crippen LogP contribution in [0, 0.1) is 0 Å². The molecule has 0 spiro atoms. The Morgan fingerprint density at radius 2 is 1.36 bits per heavy atom. The van der Waals surface area contributed by atoms with E-state index in [-0.39, 0.29) is 11.1 Å². The number of hydrogen-bond acceptors (Lipinski definition) is 3. The molecule has 0 aliphatic rings. The quantitative estimate of drug-likeness (QED) is 0.192. The highest BCUT2D eigenvalue weighted by molar-refractivity contribution is 6.02. The van der Waals surface area contributed by atoms with Crippen molar-refractivity contribution in [3.05, 3.63) is 47.5 Å². The lowest BCUT2D eigenvalue weighted by Crippen LogP contribution is -2.12. The molecule has 1 aromatic carbocycles. The Balaban J connectivity index is 2.00. The van der Waals surface area contributed by atoms with Gasteiger partial charge in [0.15, 0.2) is 0 Å². The van der Waals surface area contributed by atoms with Gasteiger partial charge < -0.3 is 9.84 Å². The van der Waals surface area contributed by atoms with Gasteiger partial charge in [-0.25, -0.2) is 9.59 Å². The summed E-state index contributed by atoms with van der Waals surface area (Å²) in [6.07, 6.45) is 19.1. The van der Waals surface area contributed by atoms with E-state index in [0.717, 1.165) is 25.7 Å². The second-order valence-corrected chi connectivity index (χ2v) is 7.22. The maximum absolute atomic E-state index is 12.0. The maximum atomic E-state index is 12.0. The monoisotopic (exact) mass is 388 g/mol. The van der Waals surface area contributed by atoms with Crippen molar-refractivity contribution in [2.75, 3.05) is 6.61 Å². The van der Waals surface area contributed by atoms with Crippen LogP contribution in [-0.2, 0) is 4.74 Å². The molecule has 0 bridgehead atoms. The molecule has 156 valence electrons. The van der Waals surface area contributed by atoms with Gasteiger partial charge in [-0.05, 0) is 50.7 Å². The van der Waals surface area contributed by atoms with Crippen molar-refractivity contribution in [3.63, 3.8) is 0 Å². The van der Waals surface area contributed by atoms with Crippen LogP contribution in [0.2, 0.25) is 0 Å². The van der Waals surface area contributed by atoms with E-state index in [1.807, 2.05) is 0 Å². The Morgan fingerprint density at radius 3 is 1.96 bits per heavy atom. The Labute approximate surface area is 170 Å². The van der Waals surface area contributed by atoms with Crippen molar-refractivity contribution in [1.29, 1.82) is 0 Å². The summed E-state index contributed by atoms with van der Waals surface area (Å²) in [5.74, 6) is -1.68. The number of esters is 1. The van der Waals surface area contributed by atoms with Gasteiger partial charge in [-0.2, -0.15) is 0 Å². The van der Waals surface area contributed by atoms with E-state index in [2.05, 4.69) is 19.1 Å². The Hall–Kier alpha value is -2.10. The zero-order chi connectivity index (χ0) is 20.5. The van der Waals surface area contributed by atoms with Gasteiger partial charge in [-0.3, -0.25) is 0 Å². The predicted molar refractivity (Wildman–Crippen MR) is 114 cm³/mol. The summed E-state index contributed by atoms with van der Waals surface area (Å²) in [7, 11) is 0. The fraction of sp³-hybridized carbons (Fsp3) is 0.583. The Kier molecular flexibility index (Phi) is 13.6. The molecular weight excluding hydrogens is 352 g/mol. The molecule has 1 N–H and O–H groups in total. The minimum Gasteiger partial charge on any atom is -0.478 e. The van der Waals surface area contributed by atoms with Crippen LogP contribution >= 0.6 is 0 Å². The average Bonchev–Trinajstić information content (AvgIpc) is 2.70. The summed E-state index contributed by atoms with van der Waals surface area (Å²) in [5.41, 5.74) is 0.0990. The summed E-state index contributed by atoms with van der Waals surface area (Å²) in [6, 6.07) is 6.14. The first-order chi connectivity index (χ1) is 13.7. The number of hydrogen-bond donors (Lipinski definition) is 1. The van der Waals surface area contributed by atoms with Gasteiger partial charge in [-0.1, -0.05) is 69.7 Å². The standard InChI is InChI=1S/C24H36O4/c1-2-3-4-5-6-7-8-9-10-11-12-13-14-17-20-28-24(27)22-19-16-15-18-21(22)23(25)26/h10-11,15-16,18-19H,2-9,12-14,17,20H2,1H3,(H,25,26)/b11-10+. The van der Waals surface area contributed by atoms with Crippen LogP contribution in [0.4, 0.5) is 0 Å². The first-order valence-corrected chi connectivity index (χ1v) is 10.8. The fourth-order valence-electron chi connectivity index (χ4n) is 3.09. The number of carboxylic acids is 1. The number of aromatic carboxylic acids is 1. The largest absolute Gasteiger partial charge is 0.478 e. The lowest BCUT2D eigenvalue weighted by Gasteiger charge is -2.06. The van der Waals surface area contributed by atoms with Crippen LogP contribution in [0.25, 0.3) is 0 Å². The van der Waals surface area contributed by atoms with Crippen LogP contribution in [0.1, 0.15) is 105 Å². The highest BCUT2D eigenvalue weighted by atomic mass is 16.5. The van der Waals surface area contributed by atoms with E-state index in [0.29, 0.717) is 6.61 Å². The Bertz CT molecular complexity index is 592. The van der Waals surface area contributed by atoms with Gasteiger partial charge in [0, 0.05) is 0 Å². The van der Waals surface area contributed by atoms with Crippen molar-refractivity contribution in [2.45, 2.75) is 84.0 Å². The van der Waals surface area contributed by atoms with E-state index in [1.54, 1.807) is 12.1 Å². The van der Waals surface area contributed by atoms with Crippen molar-refractivity contribution < 1.29 is 19.4 Å². The van der Waals surface area contributed by atoms with Crippen molar-refractivity contribution in [1.82, 2.24) is 0 Å². The van der Waals surface area contributed by atoms with Crippen molar-refractivity contribution >= 4 is 11.9 Å². The van der Waals surface area contributed by atoms with E-state index in [1.165, 1.54) is 63.5 Å². The van der Waals surface area contributed by atoms with Gasteiger partial charge in [0.25, 0.3) is 0 Å². The first kappa shape index (κ1) is 23.9. The molecule has 1 rings (SSSR count). The van der Waals surface area contributed by atoms with Crippen molar-refractivity contribution in [2.24, 2.45) is 0 Å². The summed E-state index contributed by atoms with van der Waals surface area (Å²) in [4.78, 5) is 23.1. The SMILES string of the molecule is CCCCCCCCC/C=C/CCCCCOC(=O)c1ccccc1C(=O)O. The summed E-state index contributed by atoms with van der Waals surface area (Å²) in [5, 5.41) is 9.10. The molecule has 1 aromatic rings. The van der Waals surface area contributed by atoms with E-state index >= 15 is 0 Å². The molecule has 0 aliphatic heterocycles. The van der Waals surface area contributed by atoms with Crippen LogP contribution in [0.5, 0.6) is 0 Å². The molecule has 0 radical (unpaired) electrons. The minimum absolute atomic E-state index is 0.0152. The molecule has 0 amide bonds. The van der Waals surface area contributed by atoms with E-state index in [4.69, 9.17) is 9.84 Å². The lowest BCUT2D eigenvalue weighted by atomic mass is 10.1. The second kappa shape index (κ2) is 15.9. The number of carboxylic acid groups (broad SMARTS) is 1. The topological polar surface area (TPSA) is 63.6 Å². The minimum atomic E-state index is -1.11. The number of rotatable bonds is 16. The van der Waals surface area contributed by atoms with E-state index < -0.39 is 11.9 Å². The predicted octanol–water partition coefficient (Wildman–Crippen LogP) is 6.80. The summed E-state index contributed by atoms with van der Waals surface area (Å²) in [6.45, 7) is 2.58. The summed E-state index contributed by atoms with van der Waals surface area (Å²) < 4.78 is 5.21. The zero-order valence-corrected chi connectivity index (χ0v) is 17.3. The second-order valence-electron chi connectivity index (χ2n) is 7.22. The zero-order valence-electron chi connectivity index (χ0n) is 17.3. The molecule has 4 heteroatoms. The third kappa shape index (κ3) is 10.9. The highest BCUT2D eigenvalue weighted by Crippen LogP contribution is 2.12. The van der Waals surface area contributed by atoms with Gasteiger partial charge >= 0.3 is 11.9 Å². The molecule has 0 saturated carbocycles. The third-order valence-corrected chi connectivity index (χ3v) is 4.77. The van der Waals surface area contributed by atoms with Gasteiger partial charge in [0.2, 0.25) is 0 Å². The Morgan fingerprint density at radius 1 is 0.821 bits per heavy atom. The molecule has 0 atom stereocenters. The van der Waals surface area contributed by atoms with Crippen molar-refractivity contribution in [3.8, 4) is 0 Å². The number of ether oxygens (including phenoxy) is 1. The van der Waals surface area contributed by atoms with Crippen LogP contribution in [0.3, 0.4) is 0 Å². The molecular formula is C24H36O4. The number of allylic oxidation sites excluding steroid dienone is 2. The van der Waals surface area contributed by atoms with Gasteiger partial charge in [0.1, 0.15) is 0 Å². The summed E-state index contributed by atoms with van der Waals surface area (Å²) >= 11 is 0. The average molecular weight is 389 g/mol. The molecule has 0 fully saturated rings. The normalized spacial score (nSPS) is 11.0. The fourth-order valence-corrected chi connectivity index (χ4v) is 3.09. The number of unbranched alkanes of at least 4 members (excludes halogenated alkanes) is 10. The molecule has 0 aliphatic carbocycles. The molecule has 0 saturated heterocycles. The molecule has 28 heavy (non-hydrogen) atoms. The number of benzene rings is 1. The maximum Gasteiger partial charge on any atom is 0.339 e. The van der Waals surface area contributed by atoms with Crippen LogP contribution in [-0.4, -0.2) is 23.7 Å². The lowest BCUT2D eigenvalue weighted by molar-refractivity contribution is 0.0487. The first-order valence-electron chi connectivity index (χ1n) is 10.8. The van der Waals surface area contributed by atoms with Gasteiger partial charge in [0.05, 0.1) is 17.7 Å². The van der Waals surface area contributed by atoms with E-state index in [9.17, 15) is 9.59 Å². The molecule has 4 nitrogen and oxygen atoms in total.